The highest BCUT2D eigenvalue weighted by molar-refractivity contribution is 6.11. The van der Waals surface area contributed by atoms with E-state index < -0.39 is 0 Å². The molecule has 10 rings (SSSR count). The molecular formula is C52H36N2. The third-order valence-electron chi connectivity index (χ3n) is 10.6. The predicted octanol–water partition coefficient (Wildman–Crippen LogP) is 14.4. The smallest absolute Gasteiger partial charge is 0.0541 e. The van der Waals surface area contributed by atoms with Gasteiger partial charge in [0.15, 0.2) is 0 Å². The average Bonchev–Trinajstić information content (AvgIpc) is 3.58. The van der Waals surface area contributed by atoms with Gasteiger partial charge in [0.05, 0.1) is 28.1 Å². The van der Waals surface area contributed by atoms with E-state index in [1.807, 2.05) is 0 Å². The van der Waals surface area contributed by atoms with E-state index in [-0.39, 0.29) is 0 Å². The Balaban J connectivity index is 1.18. The highest BCUT2D eigenvalue weighted by atomic mass is 15.1. The summed E-state index contributed by atoms with van der Waals surface area (Å²) >= 11 is 0. The molecule has 0 amide bonds. The van der Waals surface area contributed by atoms with E-state index >= 15 is 0 Å². The number of aromatic nitrogens is 1. The predicted molar refractivity (Wildman–Crippen MR) is 229 cm³/mol. The van der Waals surface area contributed by atoms with Crippen LogP contribution in [0.3, 0.4) is 0 Å². The highest BCUT2D eigenvalue weighted by Gasteiger charge is 2.21. The maximum absolute atomic E-state index is 2.44. The first-order valence-corrected chi connectivity index (χ1v) is 18.5. The van der Waals surface area contributed by atoms with E-state index in [9.17, 15) is 0 Å². The molecule has 2 nitrogen and oxygen atoms in total. The molecule has 0 atom stereocenters. The summed E-state index contributed by atoms with van der Waals surface area (Å²) in [4.78, 5) is 2.43. The van der Waals surface area contributed by atoms with Gasteiger partial charge >= 0.3 is 0 Å². The molecule has 0 unspecified atom stereocenters. The Labute approximate surface area is 315 Å². The van der Waals surface area contributed by atoms with E-state index in [4.69, 9.17) is 0 Å². The molecule has 10 aromatic rings. The summed E-state index contributed by atoms with van der Waals surface area (Å²) in [6.45, 7) is 0. The van der Waals surface area contributed by atoms with Gasteiger partial charge in [-0.05, 0) is 76.2 Å². The molecule has 0 saturated heterocycles. The molecule has 54 heavy (non-hydrogen) atoms. The van der Waals surface area contributed by atoms with E-state index in [1.165, 1.54) is 60.4 Å². The number of rotatable bonds is 7. The van der Waals surface area contributed by atoms with Gasteiger partial charge in [0.1, 0.15) is 0 Å². The first-order valence-electron chi connectivity index (χ1n) is 18.5. The molecule has 0 radical (unpaired) electrons. The van der Waals surface area contributed by atoms with Gasteiger partial charge in [0, 0.05) is 33.0 Å². The summed E-state index contributed by atoms with van der Waals surface area (Å²) in [5.41, 5.74) is 14.0. The fraction of sp³-hybridized carbons (Fsp3) is 0. The summed E-state index contributed by atoms with van der Waals surface area (Å²) < 4.78 is 2.44. The largest absolute Gasteiger partial charge is 0.309 e. The van der Waals surface area contributed by atoms with Gasteiger partial charge in [-0.3, -0.25) is 0 Å². The van der Waals surface area contributed by atoms with Crippen molar-refractivity contribution in [3.63, 3.8) is 0 Å². The van der Waals surface area contributed by atoms with E-state index in [0.29, 0.717) is 0 Å². The van der Waals surface area contributed by atoms with Crippen molar-refractivity contribution in [1.29, 1.82) is 0 Å². The Morgan fingerprint density at radius 1 is 0.315 bits per heavy atom. The molecule has 0 aliphatic carbocycles. The van der Waals surface area contributed by atoms with Crippen molar-refractivity contribution in [3.8, 4) is 39.1 Å². The van der Waals surface area contributed by atoms with Crippen LogP contribution in [0.2, 0.25) is 0 Å². The van der Waals surface area contributed by atoms with E-state index in [1.54, 1.807) is 0 Å². The maximum Gasteiger partial charge on any atom is 0.0541 e. The summed E-state index contributed by atoms with van der Waals surface area (Å²) in [7, 11) is 0. The van der Waals surface area contributed by atoms with Crippen molar-refractivity contribution in [1.82, 2.24) is 4.57 Å². The van der Waals surface area contributed by atoms with Crippen LogP contribution in [0.4, 0.5) is 17.1 Å². The number of hydrogen-bond donors (Lipinski definition) is 0. The summed E-state index contributed by atoms with van der Waals surface area (Å²) in [6.07, 6.45) is 0. The van der Waals surface area contributed by atoms with Crippen LogP contribution in [0.15, 0.2) is 218 Å². The topological polar surface area (TPSA) is 8.17 Å². The van der Waals surface area contributed by atoms with Gasteiger partial charge in [-0.1, -0.05) is 170 Å². The molecule has 0 spiro atoms. The van der Waals surface area contributed by atoms with Crippen LogP contribution in [-0.2, 0) is 0 Å². The number of anilines is 3. The minimum Gasteiger partial charge on any atom is -0.309 e. The molecule has 1 aromatic heterocycles. The van der Waals surface area contributed by atoms with Crippen LogP contribution in [0.5, 0.6) is 0 Å². The zero-order valence-corrected chi connectivity index (χ0v) is 29.7. The SMILES string of the molecule is c1ccc(-c2ccc3c(c2)c2ccccc2n3-c2ccccc2-c2cccc(N(c3ccccc3-c3ccccc3)c3cccc4ccccc34)c2)cc1. The van der Waals surface area contributed by atoms with Gasteiger partial charge in [-0.15, -0.1) is 0 Å². The first kappa shape index (κ1) is 31.6. The monoisotopic (exact) mass is 688 g/mol. The minimum atomic E-state index is 1.09. The van der Waals surface area contributed by atoms with Gasteiger partial charge in [-0.25, -0.2) is 0 Å². The zero-order chi connectivity index (χ0) is 35.8. The molecule has 0 saturated carbocycles. The lowest BCUT2D eigenvalue weighted by Gasteiger charge is -2.29. The number of para-hydroxylation sites is 3. The van der Waals surface area contributed by atoms with Crippen molar-refractivity contribution < 1.29 is 0 Å². The van der Waals surface area contributed by atoms with Crippen molar-refractivity contribution >= 4 is 49.6 Å². The quantitative estimate of drug-likeness (QED) is 0.162. The molecule has 9 aromatic carbocycles. The third kappa shape index (κ3) is 5.44. The van der Waals surface area contributed by atoms with Gasteiger partial charge in [-0.2, -0.15) is 0 Å². The van der Waals surface area contributed by atoms with E-state index in [2.05, 4.69) is 228 Å². The van der Waals surface area contributed by atoms with Crippen LogP contribution >= 0.6 is 0 Å². The Bertz CT molecular complexity index is 2930. The molecule has 0 aliphatic heterocycles. The van der Waals surface area contributed by atoms with Gasteiger partial charge in [0.25, 0.3) is 0 Å². The van der Waals surface area contributed by atoms with Gasteiger partial charge in [0.2, 0.25) is 0 Å². The lowest BCUT2D eigenvalue weighted by molar-refractivity contribution is 1.18. The second-order valence-corrected chi connectivity index (χ2v) is 13.7. The van der Waals surface area contributed by atoms with Crippen molar-refractivity contribution in [3.05, 3.63) is 218 Å². The van der Waals surface area contributed by atoms with Crippen molar-refractivity contribution in [2.75, 3.05) is 4.90 Å². The summed E-state index contributed by atoms with van der Waals surface area (Å²) in [5.74, 6) is 0. The lowest BCUT2D eigenvalue weighted by atomic mass is 9.99. The summed E-state index contributed by atoms with van der Waals surface area (Å²) in [6, 6.07) is 78.9. The fourth-order valence-electron chi connectivity index (χ4n) is 8.11. The van der Waals surface area contributed by atoms with Crippen LogP contribution in [0.1, 0.15) is 0 Å². The second kappa shape index (κ2) is 13.4. The minimum absolute atomic E-state index is 1.09. The Morgan fingerprint density at radius 2 is 0.907 bits per heavy atom. The van der Waals surface area contributed by atoms with Crippen LogP contribution in [-0.4, -0.2) is 4.57 Å². The second-order valence-electron chi connectivity index (χ2n) is 13.7. The molecule has 0 N–H and O–H groups in total. The number of hydrogen-bond acceptors (Lipinski definition) is 1. The molecular weight excluding hydrogens is 653 g/mol. The zero-order valence-electron chi connectivity index (χ0n) is 29.7. The molecule has 1 heterocycles. The Morgan fingerprint density at radius 3 is 1.76 bits per heavy atom. The molecule has 0 fully saturated rings. The van der Waals surface area contributed by atoms with Crippen molar-refractivity contribution in [2.45, 2.75) is 0 Å². The molecule has 2 heteroatoms. The normalized spacial score (nSPS) is 11.3. The molecule has 254 valence electrons. The third-order valence-corrected chi connectivity index (χ3v) is 10.6. The maximum atomic E-state index is 2.44. The van der Waals surface area contributed by atoms with E-state index in [0.717, 1.165) is 28.3 Å². The fourth-order valence-corrected chi connectivity index (χ4v) is 8.11. The van der Waals surface area contributed by atoms with Crippen LogP contribution in [0.25, 0.3) is 71.6 Å². The standard InChI is InChI=1S/C52H36N2/c1-3-17-37(18-4-1)40-33-34-52-47(36-40)46-28-11-14-31-51(46)54(52)50-30-13-10-27-45(50)41-23-15-24-42(35-41)53(49-32-16-22-39-21-7-8-25-44(39)49)48-29-12-9-26-43(48)38-19-5-2-6-20-38/h1-36H. The Kier molecular flexibility index (Phi) is 7.85. The number of nitrogens with zero attached hydrogens (tertiary/aromatic N) is 2. The number of fused-ring (bicyclic) bond motifs is 4. The van der Waals surface area contributed by atoms with Crippen LogP contribution in [0, 0.1) is 0 Å². The van der Waals surface area contributed by atoms with Crippen molar-refractivity contribution in [2.24, 2.45) is 0 Å². The first-order chi connectivity index (χ1) is 26.8. The number of benzene rings is 9. The molecule has 0 bridgehead atoms. The average molecular weight is 689 g/mol. The van der Waals surface area contributed by atoms with Gasteiger partial charge < -0.3 is 9.47 Å². The Hall–Kier alpha value is -7.16. The molecule has 0 aliphatic rings. The highest BCUT2D eigenvalue weighted by Crippen LogP contribution is 2.45. The van der Waals surface area contributed by atoms with Crippen LogP contribution < -0.4 is 4.90 Å². The summed E-state index contributed by atoms with van der Waals surface area (Å²) in [5, 5.41) is 4.90. The lowest BCUT2D eigenvalue weighted by Crippen LogP contribution is -2.12.